The molecule has 0 fully saturated rings. The second-order valence-electron chi connectivity index (χ2n) is 7.28. The summed E-state index contributed by atoms with van der Waals surface area (Å²) in [6, 6.07) is 4.03. The van der Waals surface area contributed by atoms with Crippen molar-refractivity contribution >= 4 is 6.09 Å². The molecule has 0 spiro atoms. The second-order valence-corrected chi connectivity index (χ2v) is 7.28. The number of fused-ring (bicyclic) bond motifs is 1. The van der Waals surface area contributed by atoms with Gasteiger partial charge in [-0.15, -0.1) is 0 Å². The van der Waals surface area contributed by atoms with Crippen molar-refractivity contribution in [1.82, 2.24) is 10.2 Å². The third-order valence-electron chi connectivity index (χ3n) is 4.12. The van der Waals surface area contributed by atoms with Gasteiger partial charge < -0.3 is 19.5 Å². The number of rotatable bonds is 6. The number of nitrogens with one attached hydrogen (secondary N) is 1. The first-order valence-electron chi connectivity index (χ1n) is 8.75. The number of hydrogen-bond donors (Lipinski definition) is 1. The van der Waals surface area contributed by atoms with Crippen LogP contribution in [0.15, 0.2) is 12.1 Å². The summed E-state index contributed by atoms with van der Waals surface area (Å²) in [5.41, 5.74) is 2.06. The molecule has 6 heteroatoms. The highest BCUT2D eigenvalue weighted by atomic mass is 16.6. The highest BCUT2D eigenvalue weighted by molar-refractivity contribution is 5.67. The zero-order chi connectivity index (χ0) is 18.4. The molecule has 0 radical (unpaired) electrons. The van der Waals surface area contributed by atoms with E-state index in [1.165, 1.54) is 11.1 Å². The fourth-order valence-electron chi connectivity index (χ4n) is 2.99. The molecule has 25 heavy (non-hydrogen) atoms. The van der Waals surface area contributed by atoms with E-state index in [0.717, 1.165) is 44.0 Å². The molecular formula is C19H30N2O4. The summed E-state index contributed by atoms with van der Waals surface area (Å²) in [5, 5.41) is 2.81. The minimum atomic E-state index is -0.460. The molecule has 140 valence electrons. The van der Waals surface area contributed by atoms with Crippen molar-refractivity contribution in [2.45, 2.75) is 45.8 Å². The van der Waals surface area contributed by atoms with Gasteiger partial charge in [0.1, 0.15) is 17.1 Å². The van der Waals surface area contributed by atoms with Crippen molar-refractivity contribution in [2.75, 3.05) is 33.9 Å². The minimum Gasteiger partial charge on any atom is -0.497 e. The maximum absolute atomic E-state index is 11.6. The summed E-state index contributed by atoms with van der Waals surface area (Å²) in [7, 11) is 3.37. The second kappa shape index (κ2) is 8.43. The Kier molecular flexibility index (Phi) is 6.53. The monoisotopic (exact) mass is 350 g/mol. The van der Waals surface area contributed by atoms with E-state index in [2.05, 4.69) is 16.3 Å². The topological polar surface area (TPSA) is 60.0 Å². The summed E-state index contributed by atoms with van der Waals surface area (Å²) in [6.07, 6.45) is 1.49. The van der Waals surface area contributed by atoms with Crippen molar-refractivity contribution in [2.24, 2.45) is 0 Å². The van der Waals surface area contributed by atoms with E-state index in [1.807, 2.05) is 26.8 Å². The lowest BCUT2D eigenvalue weighted by Crippen LogP contribution is -2.36. The molecule has 0 unspecified atom stereocenters. The van der Waals surface area contributed by atoms with Crippen LogP contribution in [-0.4, -0.2) is 50.4 Å². The third kappa shape index (κ3) is 5.81. The first kappa shape index (κ1) is 19.4. The van der Waals surface area contributed by atoms with Gasteiger partial charge in [-0.05, 0) is 45.2 Å². The van der Waals surface area contributed by atoms with E-state index >= 15 is 0 Å². The van der Waals surface area contributed by atoms with E-state index in [9.17, 15) is 4.79 Å². The number of ether oxygens (including phenoxy) is 3. The van der Waals surface area contributed by atoms with Crippen LogP contribution in [0.5, 0.6) is 11.5 Å². The van der Waals surface area contributed by atoms with Crippen molar-refractivity contribution < 1.29 is 19.0 Å². The summed E-state index contributed by atoms with van der Waals surface area (Å²) in [4.78, 5) is 14.0. The molecule has 6 nitrogen and oxygen atoms in total. The van der Waals surface area contributed by atoms with Gasteiger partial charge in [-0.3, -0.25) is 4.90 Å². The van der Waals surface area contributed by atoms with Crippen LogP contribution in [0.3, 0.4) is 0 Å². The molecule has 1 aliphatic heterocycles. The van der Waals surface area contributed by atoms with Gasteiger partial charge in [-0.2, -0.15) is 0 Å². The van der Waals surface area contributed by atoms with Crippen LogP contribution < -0.4 is 14.8 Å². The van der Waals surface area contributed by atoms with Gasteiger partial charge in [0.15, 0.2) is 0 Å². The van der Waals surface area contributed by atoms with Gasteiger partial charge in [0.25, 0.3) is 0 Å². The number of carbonyl (C=O) groups excluding carboxylic acids is 1. The molecule has 1 heterocycles. The molecule has 1 aromatic carbocycles. The van der Waals surface area contributed by atoms with Crippen LogP contribution in [0, 0.1) is 0 Å². The van der Waals surface area contributed by atoms with E-state index in [0.29, 0.717) is 6.54 Å². The summed E-state index contributed by atoms with van der Waals surface area (Å²) >= 11 is 0. The Hall–Kier alpha value is -1.95. The molecule has 1 aromatic rings. The molecule has 0 aromatic heterocycles. The maximum Gasteiger partial charge on any atom is 0.407 e. The number of carbonyl (C=O) groups is 1. The summed E-state index contributed by atoms with van der Waals surface area (Å²) < 4.78 is 16.1. The van der Waals surface area contributed by atoms with E-state index < -0.39 is 5.60 Å². The van der Waals surface area contributed by atoms with Crippen LogP contribution in [0.4, 0.5) is 4.79 Å². The summed E-state index contributed by atoms with van der Waals surface area (Å²) in [6.45, 7) is 8.98. The van der Waals surface area contributed by atoms with Gasteiger partial charge in [0.2, 0.25) is 0 Å². The minimum absolute atomic E-state index is 0.356. The Morgan fingerprint density at radius 2 is 2.00 bits per heavy atom. The fourth-order valence-corrected chi connectivity index (χ4v) is 2.99. The van der Waals surface area contributed by atoms with Gasteiger partial charge in [-0.1, -0.05) is 0 Å². The SMILES string of the molecule is COc1cc2c(c(OC)c1)CCN(CCCNC(=O)OC(C)(C)C)C2. The van der Waals surface area contributed by atoms with Crippen molar-refractivity contribution in [3.8, 4) is 11.5 Å². The van der Waals surface area contributed by atoms with Crippen LogP contribution in [0.25, 0.3) is 0 Å². The van der Waals surface area contributed by atoms with Crippen LogP contribution >= 0.6 is 0 Å². The Morgan fingerprint density at radius 1 is 1.24 bits per heavy atom. The molecule has 0 aliphatic carbocycles. The molecule has 0 saturated heterocycles. The van der Waals surface area contributed by atoms with Gasteiger partial charge in [0.05, 0.1) is 14.2 Å². The number of methoxy groups -OCH3 is 2. The zero-order valence-corrected chi connectivity index (χ0v) is 16.0. The summed E-state index contributed by atoms with van der Waals surface area (Å²) in [5.74, 6) is 1.73. The van der Waals surface area contributed by atoms with E-state index in [1.54, 1.807) is 14.2 Å². The molecule has 1 N–H and O–H groups in total. The molecule has 0 saturated carbocycles. The molecule has 2 rings (SSSR count). The lowest BCUT2D eigenvalue weighted by Gasteiger charge is -2.30. The number of alkyl carbamates (subject to hydrolysis) is 1. The Labute approximate surface area is 150 Å². The van der Waals surface area contributed by atoms with Gasteiger partial charge >= 0.3 is 6.09 Å². The standard InChI is InChI=1S/C19H30N2O4/c1-19(2,3)25-18(22)20-8-6-9-21-10-7-16-14(13-21)11-15(23-4)12-17(16)24-5/h11-12H,6-10,13H2,1-5H3,(H,20,22). The Balaban J connectivity index is 1.82. The predicted octanol–water partition coefficient (Wildman–Crippen LogP) is 2.98. The highest BCUT2D eigenvalue weighted by Crippen LogP contribution is 2.32. The number of amides is 1. The first-order chi connectivity index (χ1) is 11.8. The average molecular weight is 350 g/mol. The smallest absolute Gasteiger partial charge is 0.407 e. The highest BCUT2D eigenvalue weighted by Gasteiger charge is 2.21. The molecule has 1 amide bonds. The van der Waals surface area contributed by atoms with Gasteiger partial charge in [0, 0.05) is 37.8 Å². The Morgan fingerprint density at radius 3 is 2.64 bits per heavy atom. The number of nitrogens with zero attached hydrogens (tertiary/aromatic N) is 1. The normalized spacial score (nSPS) is 14.6. The van der Waals surface area contributed by atoms with E-state index in [4.69, 9.17) is 14.2 Å². The lowest BCUT2D eigenvalue weighted by atomic mass is 9.98. The Bertz CT molecular complexity index is 596. The van der Waals surface area contributed by atoms with Crippen LogP contribution in [-0.2, 0) is 17.7 Å². The van der Waals surface area contributed by atoms with Crippen molar-refractivity contribution in [1.29, 1.82) is 0 Å². The number of hydrogen-bond acceptors (Lipinski definition) is 5. The maximum atomic E-state index is 11.6. The van der Waals surface area contributed by atoms with Crippen molar-refractivity contribution in [3.05, 3.63) is 23.3 Å². The molecule has 0 bridgehead atoms. The van der Waals surface area contributed by atoms with Gasteiger partial charge in [-0.25, -0.2) is 4.79 Å². The van der Waals surface area contributed by atoms with E-state index in [-0.39, 0.29) is 6.09 Å². The third-order valence-corrected chi connectivity index (χ3v) is 4.12. The largest absolute Gasteiger partial charge is 0.497 e. The van der Waals surface area contributed by atoms with Crippen molar-refractivity contribution in [3.63, 3.8) is 0 Å². The molecular weight excluding hydrogens is 320 g/mol. The fraction of sp³-hybridized carbons (Fsp3) is 0.632. The quantitative estimate of drug-likeness (QED) is 0.799. The average Bonchev–Trinajstić information content (AvgIpc) is 2.55. The molecule has 0 atom stereocenters. The van der Waals surface area contributed by atoms with Crippen LogP contribution in [0.1, 0.15) is 38.3 Å². The predicted molar refractivity (Wildman–Crippen MR) is 97.4 cm³/mol. The molecule has 1 aliphatic rings. The lowest BCUT2D eigenvalue weighted by molar-refractivity contribution is 0.0525. The first-order valence-corrected chi connectivity index (χ1v) is 8.75. The number of benzene rings is 1. The zero-order valence-electron chi connectivity index (χ0n) is 16.0. The van der Waals surface area contributed by atoms with Crippen LogP contribution in [0.2, 0.25) is 0 Å².